The summed E-state index contributed by atoms with van der Waals surface area (Å²) in [5, 5.41) is 7.87. The van der Waals surface area contributed by atoms with E-state index < -0.39 is 5.69 Å². The van der Waals surface area contributed by atoms with Gasteiger partial charge in [0.15, 0.2) is 17.1 Å². The van der Waals surface area contributed by atoms with E-state index in [-0.39, 0.29) is 12.5 Å². The average molecular weight is 391 g/mol. The molecule has 0 radical (unpaired) electrons. The van der Waals surface area contributed by atoms with Crippen LogP contribution in [0.2, 0.25) is 0 Å². The Kier molecular flexibility index (Phi) is 3.94. The molecule has 1 aliphatic rings. The van der Waals surface area contributed by atoms with Crippen LogP contribution in [0.1, 0.15) is 5.56 Å². The number of hydrogen-bond donors (Lipinski definition) is 1. The van der Waals surface area contributed by atoms with Crippen LogP contribution in [0.5, 0.6) is 11.5 Å². The maximum atomic E-state index is 12.6. The van der Waals surface area contributed by atoms with Gasteiger partial charge in [0.1, 0.15) is 26.1 Å². The van der Waals surface area contributed by atoms with Crippen LogP contribution in [0.25, 0.3) is 16.6 Å². The van der Waals surface area contributed by atoms with Crippen LogP contribution in [0.15, 0.2) is 47.5 Å². The van der Waals surface area contributed by atoms with Crippen LogP contribution >= 0.6 is 0 Å². The van der Waals surface area contributed by atoms with Crippen molar-refractivity contribution in [3.63, 3.8) is 0 Å². The van der Waals surface area contributed by atoms with E-state index in [1.807, 2.05) is 25.1 Å². The van der Waals surface area contributed by atoms with Crippen molar-refractivity contribution in [3.05, 3.63) is 58.8 Å². The summed E-state index contributed by atoms with van der Waals surface area (Å²) in [4.78, 5) is 29.5. The van der Waals surface area contributed by atoms with Gasteiger partial charge in [-0.15, -0.1) is 5.10 Å². The van der Waals surface area contributed by atoms with Crippen molar-refractivity contribution >= 4 is 28.1 Å². The van der Waals surface area contributed by atoms with E-state index >= 15 is 0 Å². The first-order chi connectivity index (χ1) is 14.1. The Hall–Kier alpha value is -3.88. The third kappa shape index (κ3) is 2.96. The molecule has 2 aromatic heterocycles. The van der Waals surface area contributed by atoms with Gasteiger partial charge in [-0.2, -0.15) is 0 Å². The summed E-state index contributed by atoms with van der Waals surface area (Å²) < 4.78 is 13.5. The topological polar surface area (TPSA) is 99.8 Å². The lowest BCUT2D eigenvalue weighted by molar-refractivity contribution is -0.117. The highest BCUT2D eigenvalue weighted by Gasteiger charge is 2.16. The molecule has 0 bridgehead atoms. The zero-order chi connectivity index (χ0) is 20.0. The zero-order valence-electron chi connectivity index (χ0n) is 15.6. The summed E-state index contributed by atoms with van der Waals surface area (Å²) in [5.41, 5.74) is 2.36. The highest BCUT2D eigenvalue weighted by atomic mass is 16.6. The van der Waals surface area contributed by atoms with Crippen molar-refractivity contribution in [3.8, 4) is 11.5 Å². The largest absolute Gasteiger partial charge is 0.486 e. The summed E-state index contributed by atoms with van der Waals surface area (Å²) in [7, 11) is 0. The van der Waals surface area contributed by atoms with Gasteiger partial charge in [0.25, 0.3) is 0 Å². The number of rotatable bonds is 3. The minimum Gasteiger partial charge on any atom is -0.486 e. The van der Waals surface area contributed by atoms with E-state index in [4.69, 9.17) is 9.47 Å². The molecule has 2 aromatic carbocycles. The van der Waals surface area contributed by atoms with Gasteiger partial charge in [0.05, 0.1) is 5.52 Å². The molecule has 4 aromatic rings. The van der Waals surface area contributed by atoms with Crippen molar-refractivity contribution in [1.29, 1.82) is 0 Å². The Morgan fingerprint density at radius 2 is 2.00 bits per heavy atom. The summed E-state index contributed by atoms with van der Waals surface area (Å²) in [6.45, 7) is 2.69. The summed E-state index contributed by atoms with van der Waals surface area (Å²) >= 11 is 0. The third-order valence-corrected chi connectivity index (χ3v) is 4.77. The second kappa shape index (κ2) is 6.62. The van der Waals surface area contributed by atoms with Crippen LogP contribution in [0, 0.1) is 6.92 Å². The standard InChI is InChI=1S/C20H17N5O4/c1-12-3-2-4-14-18(12)21-11-24-19(14)23-25(20(24)27)10-17(26)22-13-5-6-15-16(9-13)29-8-7-28-15/h2-6,9,11H,7-8,10H2,1H3,(H,22,26). The minimum absolute atomic E-state index is 0.220. The zero-order valence-corrected chi connectivity index (χ0v) is 15.6. The Morgan fingerprint density at radius 1 is 1.17 bits per heavy atom. The van der Waals surface area contributed by atoms with Gasteiger partial charge in [-0.25, -0.2) is 18.9 Å². The van der Waals surface area contributed by atoms with Crippen molar-refractivity contribution < 1.29 is 14.3 Å². The van der Waals surface area contributed by atoms with Gasteiger partial charge in [0.2, 0.25) is 5.91 Å². The number of carbonyl (C=O) groups is 1. The monoisotopic (exact) mass is 391 g/mol. The van der Waals surface area contributed by atoms with Crippen molar-refractivity contribution in [2.45, 2.75) is 13.5 Å². The first kappa shape index (κ1) is 17.2. The van der Waals surface area contributed by atoms with E-state index in [1.54, 1.807) is 18.2 Å². The minimum atomic E-state index is -0.423. The molecule has 5 rings (SSSR count). The molecule has 0 saturated heterocycles. The van der Waals surface area contributed by atoms with Crippen LogP contribution in [0.4, 0.5) is 5.69 Å². The van der Waals surface area contributed by atoms with E-state index in [2.05, 4.69) is 15.4 Å². The molecule has 9 heteroatoms. The Bertz CT molecular complexity index is 1320. The molecule has 29 heavy (non-hydrogen) atoms. The number of amides is 1. The molecule has 0 spiro atoms. The number of hydrogen-bond acceptors (Lipinski definition) is 6. The SMILES string of the molecule is Cc1cccc2c1ncn1c(=O)n(CC(=O)Nc3ccc4c(c3)OCCO4)nc21. The van der Waals surface area contributed by atoms with E-state index in [1.165, 1.54) is 10.7 Å². The van der Waals surface area contributed by atoms with Gasteiger partial charge in [0, 0.05) is 17.1 Å². The fourth-order valence-corrected chi connectivity index (χ4v) is 3.39. The fourth-order valence-electron chi connectivity index (χ4n) is 3.39. The molecule has 1 N–H and O–H groups in total. The molecule has 0 unspecified atom stereocenters. The van der Waals surface area contributed by atoms with E-state index in [0.29, 0.717) is 36.0 Å². The number of aryl methyl sites for hydroxylation is 1. The first-order valence-corrected chi connectivity index (χ1v) is 9.13. The van der Waals surface area contributed by atoms with Crippen molar-refractivity contribution in [1.82, 2.24) is 19.2 Å². The van der Waals surface area contributed by atoms with Crippen molar-refractivity contribution in [2.75, 3.05) is 18.5 Å². The van der Waals surface area contributed by atoms with Crippen molar-refractivity contribution in [2.24, 2.45) is 0 Å². The molecule has 3 heterocycles. The molecule has 1 amide bonds. The van der Waals surface area contributed by atoms with Crippen LogP contribution in [0.3, 0.4) is 0 Å². The number of ether oxygens (including phenoxy) is 2. The number of benzene rings is 2. The second-order valence-electron chi connectivity index (χ2n) is 6.76. The molecular weight excluding hydrogens is 374 g/mol. The number of aromatic nitrogens is 4. The Balaban J connectivity index is 1.43. The maximum absolute atomic E-state index is 12.6. The Labute approximate surface area is 164 Å². The fraction of sp³-hybridized carbons (Fsp3) is 0.200. The smallest absolute Gasteiger partial charge is 0.352 e. The quantitative estimate of drug-likeness (QED) is 0.571. The molecule has 1 aliphatic heterocycles. The van der Waals surface area contributed by atoms with Gasteiger partial charge in [-0.3, -0.25) is 4.79 Å². The molecule has 9 nitrogen and oxygen atoms in total. The van der Waals surface area contributed by atoms with E-state index in [0.717, 1.165) is 21.1 Å². The normalized spacial score (nSPS) is 13.0. The van der Waals surface area contributed by atoms with Gasteiger partial charge in [-0.1, -0.05) is 12.1 Å². The molecule has 0 atom stereocenters. The molecule has 146 valence electrons. The lowest BCUT2D eigenvalue weighted by atomic mass is 10.1. The highest BCUT2D eigenvalue weighted by Crippen LogP contribution is 2.32. The number of carbonyl (C=O) groups excluding carboxylic acids is 1. The van der Waals surface area contributed by atoms with Gasteiger partial charge in [-0.05, 0) is 30.7 Å². The molecule has 0 fully saturated rings. The first-order valence-electron chi connectivity index (χ1n) is 9.13. The predicted molar refractivity (Wildman–Crippen MR) is 106 cm³/mol. The Morgan fingerprint density at radius 3 is 2.86 bits per heavy atom. The van der Waals surface area contributed by atoms with E-state index in [9.17, 15) is 9.59 Å². The lowest BCUT2D eigenvalue weighted by Crippen LogP contribution is -2.28. The number of para-hydroxylation sites is 1. The van der Waals surface area contributed by atoms with Gasteiger partial charge >= 0.3 is 5.69 Å². The van der Waals surface area contributed by atoms with Crippen LogP contribution < -0.4 is 20.5 Å². The summed E-state index contributed by atoms with van der Waals surface area (Å²) in [5.74, 6) is 0.841. The highest BCUT2D eigenvalue weighted by molar-refractivity contribution is 5.93. The van der Waals surface area contributed by atoms with Crippen LogP contribution in [-0.2, 0) is 11.3 Å². The third-order valence-electron chi connectivity index (χ3n) is 4.77. The number of nitrogens with one attached hydrogen (secondary N) is 1. The molecular formula is C20H17N5O4. The predicted octanol–water partition coefficient (Wildman–Crippen LogP) is 1.76. The summed E-state index contributed by atoms with van der Waals surface area (Å²) in [6.07, 6.45) is 1.44. The average Bonchev–Trinajstić information content (AvgIpc) is 3.04. The second-order valence-corrected chi connectivity index (χ2v) is 6.76. The maximum Gasteiger partial charge on any atom is 0.352 e. The number of fused-ring (bicyclic) bond motifs is 4. The number of nitrogens with zero attached hydrogens (tertiary/aromatic N) is 4. The molecule has 0 aliphatic carbocycles. The van der Waals surface area contributed by atoms with Crippen LogP contribution in [-0.4, -0.2) is 38.3 Å². The number of anilines is 1. The summed E-state index contributed by atoms with van der Waals surface area (Å²) in [6, 6.07) is 10.8. The molecule has 0 saturated carbocycles. The lowest BCUT2D eigenvalue weighted by Gasteiger charge is -2.18. The van der Waals surface area contributed by atoms with Gasteiger partial charge < -0.3 is 14.8 Å².